The molecule has 0 fully saturated rings. The van der Waals surface area contributed by atoms with E-state index in [4.69, 9.17) is 0 Å². The fourth-order valence-corrected chi connectivity index (χ4v) is 3.06. The molecule has 0 aromatic carbocycles. The normalized spacial score (nSPS) is 11.0. The number of nitrogens with one attached hydrogen (secondary N) is 1. The van der Waals surface area contributed by atoms with Crippen molar-refractivity contribution in [3.8, 4) is 0 Å². The molecule has 6 nitrogen and oxygen atoms in total. The smallest absolute Gasteiger partial charge is 0.274 e. The first-order valence-electron chi connectivity index (χ1n) is 7.56. The van der Waals surface area contributed by atoms with Crippen LogP contribution in [0.4, 0.5) is 5.13 Å². The van der Waals surface area contributed by atoms with Crippen molar-refractivity contribution in [3.05, 3.63) is 65.2 Å². The summed E-state index contributed by atoms with van der Waals surface area (Å²) in [5.74, 6) is -0.153. The summed E-state index contributed by atoms with van der Waals surface area (Å²) in [4.78, 5) is 23.0. The van der Waals surface area contributed by atoms with Crippen LogP contribution in [-0.4, -0.2) is 39.4 Å². The van der Waals surface area contributed by atoms with Crippen LogP contribution in [0.15, 0.2) is 48.2 Å². The molecule has 124 valence electrons. The Balaban J connectivity index is 1.69. The van der Waals surface area contributed by atoms with Gasteiger partial charge in [0, 0.05) is 37.1 Å². The molecule has 1 amide bonds. The molecule has 0 saturated carbocycles. The van der Waals surface area contributed by atoms with Crippen molar-refractivity contribution in [2.75, 3.05) is 19.4 Å². The molecule has 3 aromatic heterocycles. The number of hydrogen-bond acceptors (Lipinski definition) is 5. The number of pyridine rings is 1. The van der Waals surface area contributed by atoms with Gasteiger partial charge in [0.2, 0.25) is 0 Å². The average molecular weight is 341 g/mol. The zero-order valence-corrected chi connectivity index (χ0v) is 14.5. The highest BCUT2D eigenvalue weighted by molar-refractivity contribution is 7.13. The second kappa shape index (κ2) is 7.37. The third-order valence-electron chi connectivity index (χ3n) is 3.41. The largest absolute Gasteiger partial charge is 0.339 e. The van der Waals surface area contributed by atoms with E-state index in [9.17, 15) is 4.79 Å². The van der Waals surface area contributed by atoms with Crippen LogP contribution in [0.3, 0.4) is 0 Å². The van der Waals surface area contributed by atoms with Crippen molar-refractivity contribution in [2.24, 2.45) is 0 Å². The molecule has 0 bridgehead atoms. The molecule has 3 aromatic rings. The van der Waals surface area contributed by atoms with Crippen LogP contribution in [0, 0.1) is 0 Å². The number of rotatable bonds is 6. The van der Waals surface area contributed by atoms with Crippen LogP contribution in [0.25, 0.3) is 0 Å². The summed E-state index contributed by atoms with van der Waals surface area (Å²) in [5, 5.41) is 5.46. The lowest BCUT2D eigenvalue weighted by atomic mass is 10.2. The monoisotopic (exact) mass is 341 g/mol. The molecule has 0 saturated heterocycles. The summed E-state index contributed by atoms with van der Waals surface area (Å²) in [7, 11) is 3.98. The van der Waals surface area contributed by atoms with Gasteiger partial charge in [-0.2, -0.15) is 0 Å². The summed E-state index contributed by atoms with van der Waals surface area (Å²) >= 11 is 1.44. The Bertz CT molecular complexity index is 809. The predicted octanol–water partition coefficient (Wildman–Crippen LogP) is 2.70. The molecule has 7 heteroatoms. The van der Waals surface area contributed by atoms with Gasteiger partial charge in [-0.1, -0.05) is 0 Å². The van der Waals surface area contributed by atoms with Crippen molar-refractivity contribution in [1.82, 2.24) is 19.4 Å². The van der Waals surface area contributed by atoms with Gasteiger partial charge in [0.05, 0.1) is 5.69 Å². The molecule has 1 N–H and O–H groups in total. The van der Waals surface area contributed by atoms with Crippen molar-refractivity contribution in [3.63, 3.8) is 0 Å². The van der Waals surface area contributed by atoms with Crippen LogP contribution in [0.5, 0.6) is 0 Å². The number of nitrogens with zero attached hydrogens (tertiary/aromatic N) is 4. The average Bonchev–Trinajstić information content (AvgIpc) is 3.17. The van der Waals surface area contributed by atoms with Crippen molar-refractivity contribution in [1.29, 1.82) is 0 Å². The summed E-state index contributed by atoms with van der Waals surface area (Å²) in [5.41, 5.74) is 2.65. The molecule has 24 heavy (non-hydrogen) atoms. The lowest BCUT2D eigenvalue weighted by molar-refractivity contribution is 0.101. The molecule has 0 atom stereocenters. The molecular formula is C17H19N5OS. The topological polar surface area (TPSA) is 63.1 Å². The molecule has 0 radical (unpaired) electrons. The second-order valence-electron chi connectivity index (χ2n) is 5.71. The number of thiazole rings is 1. The standard InChI is InChI=1S/C17H19N5OS/c1-21(2)11-14-12-24-17(19-14)20-16(23)15-4-3-9-22(15)10-13-5-7-18-8-6-13/h3-9,12H,10-11H2,1-2H3,(H,19,20,23). The molecule has 0 aliphatic heterocycles. The number of carbonyl (C=O) groups excluding carboxylic acids is 1. The van der Waals surface area contributed by atoms with E-state index < -0.39 is 0 Å². The highest BCUT2D eigenvalue weighted by Gasteiger charge is 2.13. The molecule has 0 unspecified atom stereocenters. The Morgan fingerprint density at radius 1 is 1.29 bits per heavy atom. The molecular weight excluding hydrogens is 322 g/mol. The number of hydrogen-bond donors (Lipinski definition) is 1. The minimum atomic E-state index is -0.153. The second-order valence-corrected chi connectivity index (χ2v) is 6.57. The molecule has 0 aliphatic carbocycles. The van der Waals surface area contributed by atoms with E-state index >= 15 is 0 Å². The van der Waals surface area contributed by atoms with Crippen LogP contribution in [-0.2, 0) is 13.1 Å². The van der Waals surface area contributed by atoms with E-state index in [1.54, 1.807) is 12.4 Å². The van der Waals surface area contributed by atoms with Gasteiger partial charge in [0.25, 0.3) is 5.91 Å². The summed E-state index contributed by atoms with van der Waals surface area (Å²) in [6.45, 7) is 1.38. The first-order chi connectivity index (χ1) is 11.6. The fourth-order valence-electron chi connectivity index (χ4n) is 2.37. The quantitative estimate of drug-likeness (QED) is 0.749. The Kier molecular flexibility index (Phi) is 5.02. The van der Waals surface area contributed by atoms with E-state index in [0.717, 1.165) is 17.8 Å². The number of amides is 1. The predicted molar refractivity (Wildman–Crippen MR) is 95.2 cm³/mol. The molecule has 0 aliphatic rings. The maximum absolute atomic E-state index is 12.5. The minimum absolute atomic E-state index is 0.153. The van der Waals surface area contributed by atoms with Gasteiger partial charge in [-0.15, -0.1) is 11.3 Å². The molecule has 0 spiro atoms. The Hall–Kier alpha value is -2.51. The van der Waals surface area contributed by atoms with Gasteiger partial charge in [0.15, 0.2) is 5.13 Å². The van der Waals surface area contributed by atoms with Gasteiger partial charge in [0.1, 0.15) is 5.69 Å². The van der Waals surface area contributed by atoms with Gasteiger partial charge < -0.3 is 9.47 Å². The maximum Gasteiger partial charge on any atom is 0.274 e. The third kappa shape index (κ3) is 4.06. The number of aromatic nitrogens is 3. The highest BCUT2D eigenvalue weighted by atomic mass is 32.1. The zero-order valence-electron chi connectivity index (χ0n) is 13.6. The van der Waals surface area contributed by atoms with Crippen molar-refractivity contribution in [2.45, 2.75) is 13.1 Å². The van der Waals surface area contributed by atoms with Gasteiger partial charge in [-0.25, -0.2) is 4.98 Å². The van der Waals surface area contributed by atoms with Crippen LogP contribution < -0.4 is 5.32 Å². The SMILES string of the molecule is CN(C)Cc1csc(NC(=O)c2cccn2Cc2ccncc2)n1. The van der Waals surface area contributed by atoms with Crippen LogP contribution >= 0.6 is 11.3 Å². The first kappa shape index (κ1) is 16.4. The van der Waals surface area contributed by atoms with Crippen molar-refractivity contribution >= 4 is 22.4 Å². The summed E-state index contributed by atoms with van der Waals surface area (Å²) in [6, 6.07) is 7.56. The van der Waals surface area contributed by atoms with E-state index in [-0.39, 0.29) is 5.91 Å². The Labute approximate surface area is 144 Å². The summed E-state index contributed by atoms with van der Waals surface area (Å²) in [6.07, 6.45) is 5.40. The van der Waals surface area contributed by atoms with Crippen molar-refractivity contribution < 1.29 is 4.79 Å². The van der Waals surface area contributed by atoms with E-state index in [1.807, 2.05) is 59.4 Å². The third-order valence-corrected chi connectivity index (χ3v) is 4.22. The fraction of sp³-hybridized carbons (Fsp3) is 0.235. The number of carbonyl (C=O) groups is 1. The molecule has 3 rings (SSSR count). The lowest BCUT2D eigenvalue weighted by Crippen LogP contribution is -2.17. The van der Waals surface area contributed by atoms with Crippen LogP contribution in [0.1, 0.15) is 21.7 Å². The summed E-state index contributed by atoms with van der Waals surface area (Å²) < 4.78 is 1.92. The highest BCUT2D eigenvalue weighted by Crippen LogP contribution is 2.18. The van der Waals surface area contributed by atoms with Crippen LogP contribution in [0.2, 0.25) is 0 Å². The maximum atomic E-state index is 12.5. The number of anilines is 1. The van der Waals surface area contributed by atoms with Gasteiger partial charge >= 0.3 is 0 Å². The van der Waals surface area contributed by atoms with E-state index in [0.29, 0.717) is 17.4 Å². The minimum Gasteiger partial charge on any atom is -0.339 e. The Morgan fingerprint density at radius 2 is 2.08 bits per heavy atom. The zero-order chi connectivity index (χ0) is 16.9. The van der Waals surface area contributed by atoms with E-state index in [1.165, 1.54) is 11.3 Å². The lowest BCUT2D eigenvalue weighted by Gasteiger charge is -2.09. The Morgan fingerprint density at radius 3 is 2.83 bits per heavy atom. The molecule has 3 heterocycles. The van der Waals surface area contributed by atoms with Gasteiger partial charge in [-0.05, 0) is 43.9 Å². The first-order valence-corrected chi connectivity index (χ1v) is 8.44. The van der Waals surface area contributed by atoms with Gasteiger partial charge in [-0.3, -0.25) is 15.1 Å². The van der Waals surface area contributed by atoms with E-state index in [2.05, 4.69) is 15.3 Å².